The highest BCUT2D eigenvalue weighted by atomic mass is 32.2. The Labute approximate surface area is 123 Å². The van der Waals surface area contributed by atoms with Crippen molar-refractivity contribution in [3.05, 3.63) is 23.8 Å². The maximum atomic E-state index is 12.4. The fraction of sp³-hybridized carbons (Fsp3) is 0.385. The third kappa shape index (κ3) is 4.54. The van der Waals surface area contributed by atoms with Crippen molar-refractivity contribution < 1.29 is 22.7 Å². The van der Waals surface area contributed by atoms with Gasteiger partial charge in [0.2, 0.25) is 16.4 Å². The lowest BCUT2D eigenvalue weighted by atomic mass is 10.1. The predicted octanol–water partition coefficient (Wildman–Crippen LogP) is 1.12. The summed E-state index contributed by atoms with van der Waals surface area (Å²) in [5.74, 6) is -0.776. The number of sulfonamides is 1. The molecular formula is C13H18N2O5S. The van der Waals surface area contributed by atoms with Crippen LogP contribution >= 0.6 is 0 Å². The Balaban J connectivity index is 3.45. The number of anilines is 1. The molecule has 21 heavy (non-hydrogen) atoms. The predicted molar refractivity (Wildman–Crippen MR) is 77.5 cm³/mol. The van der Waals surface area contributed by atoms with E-state index in [1.54, 1.807) is 20.8 Å². The van der Waals surface area contributed by atoms with Crippen molar-refractivity contribution in [1.82, 2.24) is 4.72 Å². The van der Waals surface area contributed by atoms with Gasteiger partial charge in [0, 0.05) is 11.2 Å². The first-order valence-electron chi connectivity index (χ1n) is 6.07. The van der Waals surface area contributed by atoms with Crippen molar-refractivity contribution in [2.24, 2.45) is 0 Å². The van der Waals surface area contributed by atoms with Crippen molar-refractivity contribution in [2.75, 3.05) is 12.4 Å². The first kappa shape index (κ1) is 17.1. The van der Waals surface area contributed by atoms with Gasteiger partial charge in [-0.15, -0.1) is 0 Å². The van der Waals surface area contributed by atoms with Gasteiger partial charge in [0.25, 0.3) is 0 Å². The van der Waals surface area contributed by atoms with Gasteiger partial charge in [-0.2, -0.15) is 0 Å². The number of ether oxygens (including phenoxy) is 1. The van der Waals surface area contributed by atoms with E-state index in [9.17, 15) is 18.0 Å². The van der Waals surface area contributed by atoms with Gasteiger partial charge in [-0.05, 0) is 39.0 Å². The number of amides is 1. The van der Waals surface area contributed by atoms with E-state index in [0.717, 1.165) is 7.11 Å². The summed E-state index contributed by atoms with van der Waals surface area (Å²) in [5.41, 5.74) is -0.571. The van der Waals surface area contributed by atoms with Crippen LogP contribution in [0.2, 0.25) is 0 Å². The summed E-state index contributed by atoms with van der Waals surface area (Å²) in [6.07, 6.45) is 0.417. The van der Waals surface area contributed by atoms with E-state index in [1.807, 2.05) is 0 Å². The molecule has 116 valence electrons. The summed E-state index contributed by atoms with van der Waals surface area (Å²) >= 11 is 0. The monoisotopic (exact) mass is 314 g/mol. The molecule has 0 aliphatic rings. The highest BCUT2D eigenvalue weighted by Gasteiger charge is 2.27. The molecule has 7 nitrogen and oxygen atoms in total. The van der Waals surface area contributed by atoms with E-state index in [1.165, 1.54) is 18.2 Å². The van der Waals surface area contributed by atoms with Crippen LogP contribution in [0.3, 0.4) is 0 Å². The van der Waals surface area contributed by atoms with Gasteiger partial charge < -0.3 is 10.1 Å². The van der Waals surface area contributed by atoms with Crippen LogP contribution in [0.5, 0.6) is 0 Å². The molecule has 0 saturated heterocycles. The maximum Gasteiger partial charge on any atom is 0.339 e. The largest absolute Gasteiger partial charge is 0.465 e. The van der Waals surface area contributed by atoms with E-state index in [0.29, 0.717) is 6.41 Å². The third-order valence-electron chi connectivity index (χ3n) is 2.34. The lowest BCUT2D eigenvalue weighted by Crippen LogP contribution is -2.41. The summed E-state index contributed by atoms with van der Waals surface area (Å²) < 4.78 is 31.9. The zero-order valence-electron chi connectivity index (χ0n) is 12.3. The van der Waals surface area contributed by atoms with Gasteiger partial charge in [0.1, 0.15) is 0 Å². The number of nitrogens with one attached hydrogen (secondary N) is 2. The summed E-state index contributed by atoms with van der Waals surface area (Å²) in [4.78, 5) is 21.9. The molecule has 1 aromatic rings. The second-order valence-corrected chi connectivity index (χ2v) is 6.97. The molecule has 0 fully saturated rings. The van der Waals surface area contributed by atoms with Crippen molar-refractivity contribution in [2.45, 2.75) is 31.2 Å². The van der Waals surface area contributed by atoms with Crippen LogP contribution in [-0.4, -0.2) is 33.4 Å². The molecule has 2 N–H and O–H groups in total. The summed E-state index contributed by atoms with van der Waals surface area (Å²) in [5, 5.41) is 2.34. The van der Waals surface area contributed by atoms with Gasteiger partial charge in [-0.1, -0.05) is 0 Å². The molecule has 0 saturated carbocycles. The van der Waals surface area contributed by atoms with E-state index in [2.05, 4.69) is 14.8 Å². The normalized spacial score (nSPS) is 11.8. The summed E-state index contributed by atoms with van der Waals surface area (Å²) in [7, 11) is -2.79. The zero-order chi connectivity index (χ0) is 16.3. The number of benzene rings is 1. The lowest BCUT2D eigenvalue weighted by molar-refractivity contribution is -0.105. The first-order valence-corrected chi connectivity index (χ1v) is 7.55. The molecule has 8 heteroatoms. The van der Waals surface area contributed by atoms with Crippen LogP contribution in [0.25, 0.3) is 0 Å². The quantitative estimate of drug-likeness (QED) is 0.626. The molecule has 0 atom stereocenters. The molecular weight excluding hydrogens is 296 g/mol. The molecule has 0 aliphatic heterocycles. The fourth-order valence-corrected chi connectivity index (χ4v) is 3.28. The maximum absolute atomic E-state index is 12.4. The Hall–Kier alpha value is -1.93. The fourth-order valence-electron chi connectivity index (χ4n) is 1.64. The van der Waals surface area contributed by atoms with Crippen molar-refractivity contribution in [1.29, 1.82) is 0 Å². The van der Waals surface area contributed by atoms with Crippen LogP contribution in [0, 0.1) is 0 Å². The number of hydrogen-bond donors (Lipinski definition) is 2. The first-order chi connectivity index (χ1) is 9.60. The SMILES string of the molecule is COC(=O)c1ccc(NC=O)cc1S(=O)(=O)NC(C)(C)C. The highest BCUT2D eigenvalue weighted by Crippen LogP contribution is 2.22. The second kappa shape index (κ2) is 6.23. The average Bonchev–Trinajstić information content (AvgIpc) is 2.35. The Kier molecular flexibility index (Phi) is 5.08. The van der Waals surface area contributed by atoms with Crippen LogP contribution in [-0.2, 0) is 19.6 Å². The number of methoxy groups -OCH3 is 1. The van der Waals surface area contributed by atoms with Crippen LogP contribution in [0.1, 0.15) is 31.1 Å². The number of rotatable bonds is 5. The van der Waals surface area contributed by atoms with Gasteiger partial charge in [0.05, 0.1) is 17.6 Å². The van der Waals surface area contributed by atoms with Crippen LogP contribution in [0.15, 0.2) is 23.1 Å². The minimum atomic E-state index is -3.95. The molecule has 0 aromatic heterocycles. The number of hydrogen-bond acceptors (Lipinski definition) is 5. The minimum Gasteiger partial charge on any atom is -0.465 e. The summed E-state index contributed by atoms with van der Waals surface area (Å²) in [6, 6.07) is 3.90. The molecule has 0 radical (unpaired) electrons. The van der Waals surface area contributed by atoms with Crippen LogP contribution in [0.4, 0.5) is 5.69 Å². The zero-order valence-corrected chi connectivity index (χ0v) is 13.1. The molecule has 0 heterocycles. The smallest absolute Gasteiger partial charge is 0.339 e. The summed E-state index contributed by atoms with van der Waals surface area (Å²) in [6.45, 7) is 5.03. The minimum absolute atomic E-state index is 0.106. The Bertz CT molecular complexity index is 647. The number of carbonyl (C=O) groups is 2. The standard InChI is InChI=1S/C13H18N2O5S/c1-13(2,3)15-21(18,19)11-7-9(14-8-16)5-6-10(11)12(17)20-4/h5-8,15H,1-4H3,(H,14,16). The van der Waals surface area contributed by atoms with Crippen LogP contribution < -0.4 is 10.0 Å². The second-order valence-electron chi connectivity index (χ2n) is 5.32. The van der Waals surface area contributed by atoms with Crippen molar-refractivity contribution in [3.63, 3.8) is 0 Å². The molecule has 0 unspecified atom stereocenters. The van der Waals surface area contributed by atoms with Crippen molar-refractivity contribution >= 4 is 28.1 Å². The lowest BCUT2D eigenvalue weighted by Gasteiger charge is -2.21. The molecule has 1 rings (SSSR count). The average molecular weight is 314 g/mol. The Morgan fingerprint density at radius 2 is 1.90 bits per heavy atom. The van der Waals surface area contributed by atoms with Gasteiger partial charge in [-0.3, -0.25) is 4.79 Å². The van der Waals surface area contributed by atoms with Gasteiger partial charge in [0.15, 0.2) is 0 Å². The van der Waals surface area contributed by atoms with E-state index in [4.69, 9.17) is 0 Å². The molecule has 0 bridgehead atoms. The van der Waals surface area contributed by atoms with Gasteiger partial charge >= 0.3 is 5.97 Å². The van der Waals surface area contributed by atoms with E-state index in [-0.39, 0.29) is 16.1 Å². The van der Waals surface area contributed by atoms with E-state index >= 15 is 0 Å². The molecule has 0 aliphatic carbocycles. The Morgan fingerprint density at radius 3 is 2.38 bits per heavy atom. The highest BCUT2D eigenvalue weighted by molar-refractivity contribution is 7.89. The molecule has 1 aromatic carbocycles. The van der Waals surface area contributed by atoms with E-state index < -0.39 is 21.5 Å². The topological polar surface area (TPSA) is 102 Å². The molecule has 0 spiro atoms. The number of esters is 1. The van der Waals surface area contributed by atoms with Gasteiger partial charge in [-0.25, -0.2) is 17.9 Å². The third-order valence-corrected chi connectivity index (χ3v) is 4.14. The Morgan fingerprint density at radius 1 is 1.29 bits per heavy atom. The number of carbonyl (C=O) groups excluding carboxylic acids is 2. The van der Waals surface area contributed by atoms with Crippen molar-refractivity contribution in [3.8, 4) is 0 Å². The molecule has 1 amide bonds.